The van der Waals surface area contributed by atoms with E-state index in [0.29, 0.717) is 22.4 Å². The number of benzene rings is 2. The highest BCUT2D eigenvalue weighted by atomic mass is 32.2. The van der Waals surface area contributed by atoms with Crippen molar-refractivity contribution in [1.29, 1.82) is 0 Å². The Morgan fingerprint density at radius 1 is 1.21 bits per heavy atom. The molecule has 1 aromatic heterocycles. The number of thioether (sulfide) groups is 1. The lowest BCUT2D eigenvalue weighted by Crippen LogP contribution is -2.35. The van der Waals surface area contributed by atoms with Crippen molar-refractivity contribution in [2.45, 2.75) is 25.9 Å². The Balaban J connectivity index is 1.49. The number of carbonyl (C=O) groups excluding carboxylic acids is 1. The summed E-state index contributed by atoms with van der Waals surface area (Å²) in [5.41, 5.74) is 3.53. The molecule has 2 aromatic carbocycles. The molecule has 1 atom stereocenters. The summed E-state index contributed by atoms with van der Waals surface area (Å²) < 4.78 is 13.7. The summed E-state index contributed by atoms with van der Waals surface area (Å²) in [6.07, 6.45) is 5.89. The van der Waals surface area contributed by atoms with Crippen LogP contribution in [0.15, 0.2) is 65.7 Å². The molecule has 0 unspecified atom stereocenters. The number of rotatable bonds is 7. The third-order valence-electron chi connectivity index (χ3n) is 5.77. The number of ether oxygens (including phenoxy) is 2. The fourth-order valence-corrected chi connectivity index (χ4v) is 5.36. The molecular formula is C26H25N3O3S2. The average Bonchev–Trinajstić information content (AvgIpc) is 3.58. The molecule has 2 fully saturated rings. The Morgan fingerprint density at radius 2 is 2.00 bits per heavy atom. The Bertz CT molecular complexity index is 1220. The van der Waals surface area contributed by atoms with Gasteiger partial charge in [0.05, 0.1) is 35.5 Å². The van der Waals surface area contributed by atoms with E-state index in [-0.39, 0.29) is 12.0 Å². The maximum Gasteiger partial charge on any atom is 0.266 e. The smallest absolute Gasteiger partial charge is 0.266 e. The van der Waals surface area contributed by atoms with E-state index in [0.717, 1.165) is 47.7 Å². The summed E-state index contributed by atoms with van der Waals surface area (Å²) >= 11 is 6.86. The van der Waals surface area contributed by atoms with Gasteiger partial charge in [0.2, 0.25) is 0 Å². The molecule has 0 aliphatic carbocycles. The third kappa shape index (κ3) is 4.80. The normalized spacial score (nSPS) is 19.4. The van der Waals surface area contributed by atoms with E-state index in [1.165, 1.54) is 11.8 Å². The molecule has 2 saturated heterocycles. The fourth-order valence-electron chi connectivity index (χ4n) is 4.10. The number of nitrogens with zero attached hydrogens (tertiary/aromatic N) is 3. The minimum absolute atomic E-state index is 0.0575. The van der Waals surface area contributed by atoms with Gasteiger partial charge < -0.3 is 9.47 Å². The van der Waals surface area contributed by atoms with Crippen LogP contribution in [-0.2, 0) is 9.53 Å². The Labute approximate surface area is 208 Å². The van der Waals surface area contributed by atoms with Crippen molar-refractivity contribution in [3.63, 3.8) is 0 Å². The van der Waals surface area contributed by atoms with Crippen LogP contribution in [0.1, 0.15) is 25.3 Å². The predicted molar refractivity (Wildman–Crippen MR) is 139 cm³/mol. The van der Waals surface area contributed by atoms with E-state index < -0.39 is 0 Å². The summed E-state index contributed by atoms with van der Waals surface area (Å²) in [7, 11) is 0. The maximum atomic E-state index is 13.2. The van der Waals surface area contributed by atoms with Gasteiger partial charge in [-0.25, -0.2) is 4.68 Å². The van der Waals surface area contributed by atoms with Gasteiger partial charge in [-0.05, 0) is 62.2 Å². The minimum Gasteiger partial charge on any atom is -0.494 e. The van der Waals surface area contributed by atoms with Gasteiger partial charge in [-0.15, -0.1) is 0 Å². The number of para-hydroxylation sites is 1. The summed E-state index contributed by atoms with van der Waals surface area (Å²) in [5.74, 6) is 0.737. The molecule has 2 aliphatic rings. The molecule has 1 amide bonds. The molecule has 34 heavy (non-hydrogen) atoms. The van der Waals surface area contributed by atoms with Crippen LogP contribution in [0, 0.1) is 0 Å². The quantitative estimate of drug-likeness (QED) is 0.329. The average molecular weight is 492 g/mol. The standard InChI is InChI=1S/C26H25N3O3S2/c1-2-31-21-12-10-18(11-13-21)24-19(16-29(27-24)20-7-4-3-5-8-20)15-23-25(30)28(26(33)34-23)17-22-9-6-14-32-22/h3-5,7-8,10-13,15-16,22H,2,6,9,14,17H2,1H3/b23-15+/t22-/m1/s1. The number of hydrogen-bond acceptors (Lipinski definition) is 6. The number of hydrogen-bond donors (Lipinski definition) is 0. The van der Waals surface area contributed by atoms with Crippen molar-refractivity contribution in [3.05, 3.63) is 71.3 Å². The monoisotopic (exact) mass is 491 g/mol. The van der Waals surface area contributed by atoms with Crippen molar-refractivity contribution >= 4 is 40.3 Å². The number of thiocarbonyl (C=S) groups is 1. The largest absolute Gasteiger partial charge is 0.494 e. The van der Waals surface area contributed by atoms with Crippen LogP contribution >= 0.6 is 24.0 Å². The zero-order valence-electron chi connectivity index (χ0n) is 18.8. The molecule has 174 valence electrons. The van der Waals surface area contributed by atoms with E-state index in [2.05, 4.69) is 0 Å². The molecule has 0 spiro atoms. The zero-order valence-corrected chi connectivity index (χ0v) is 20.5. The van der Waals surface area contributed by atoms with E-state index in [9.17, 15) is 4.79 Å². The zero-order chi connectivity index (χ0) is 23.5. The van der Waals surface area contributed by atoms with Gasteiger partial charge in [0, 0.05) is 23.9 Å². The predicted octanol–water partition coefficient (Wildman–Crippen LogP) is 5.32. The second-order valence-electron chi connectivity index (χ2n) is 8.10. The van der Waals surface area contributed by atoms with Gasteiger partial charge in [-0.2, -0.15) is 5.10 Å². The van der Waals surface area contributed by atoms with E-state index in [1.54, 1.807) is 4.90 Å². The van der Waals surface area contributed by atoms with E-state index in [1.807, 2.05) is 78.5 Å². The molecule has 0 radical (unpaired) electrons. The lowest BCUT2D eigenvalue weighted by molar-refractivity contribution is -0.123. The number of amides is 1. The maximum absolute atomic E-state index is 13.2. The molecule has 0 N–H and O–H groups in total. The summed E-state index contributed by atoms with van der Waals surface area (Å²) in [5, 5.41) is 4.86. The van der Waals surface area contributed by atoms with Gasteiger partial charge in [-0.1, -0.05) is 42.2 Å². The molecule has 5 rings (SSSR count). The first kappa shape index (κ1) is 22.8. The summed E-state index contributed by atoms with van der Waals surface area (Å²) in [4.78, 5) is 15.5. The lowest BCUT2D eigenvalue weighted by atomic mass is 10.1. The molecule has 3 heterocycles. The topological polar surface area (TPSA) is 56.6 Å². The Kier molecular flexibility index (Phi) is 6.80. The fraction of sp³-hybridized carbons (Fsp3) is 0.269. The van der Waals surface area contributed by atoms with Gasteiger partial charge >= 0.3 is 0 Å². The van der Waals surface area contributed by atoms with Crippen LogP contribution < -0.4 is 4.74 Å². The number of carbonyl (C=O) groups is 1. The van der Waals surface area contributed by atoms with Gasteiger partial charge in [0.25, 0.3) is 5.91 Å². The van der Waals surface area contributed by atoms with E-state index >= 15 is 0 Å². The first-order valence-corrected chi connectivity index (χ1v) is 12.6. The first-order chi connectivity index (χ1) is 16.6. The molecule has 2 aliphatic heterocycles. The Morgan fingerprint density at radius 3 is 2.71 bits per heavy atom. The van der Waals surface area contributed by atoms with Crippen molar-refractivity contribution in [1.82, 2.24) is 14.7 Å². The highest BCUT2D eigenvalue weighted by molar-refractivity contribution is 8.26. The van der Waals surface area contributed by atoms with Crippen LogP contribution in [0.3, 0.4) is 0 Å². The highest BCUT2D eigenvalue weighted by Crippen LogP contribution is 2.36. The molecule has 0 saturated carbocycles. The van der Waals surface area contributed by atoms with Crippen LogP contribution in [0.4, 0.5) is 0 Å². The lowest BCUT2D eigenvalue weighted by Gasteiger charge is -2.18. The Hall–Kier alpha value is -2.94. The molecule has 3 aromatic rings. The van der Waals surface area contributed by atoms with Gasteiger partial charge in [-0.3, -0.25) is 9.69 Å². The van der Waals surface area contributed by atoms with Crippen LogP contribution in [0.5, 0.6) is 5.75 Å². The highest BCUT2D eigenvalue weighted by Gasteiger charge is 2.35. The van der Waals surface area contributed by atoms with Crippen LogP contribution in [0.25, 0.3) is 23.0 Å². The third-order valence-corrected chi connectivity index (χ3v) is 7.15. The van der Waals surface area contributed by atoms with Crippen LogP contribution in [0.2, 0.25) is 0 Å². The van der Waals surface area contributed by atoms with E-state index in [4.69, 9.17) is 26.8 Å². The molecular weight excluding hydrogens is 466 g/mol. The minimum atomic E-state index is -0.0735. The molecule has 6 nitrogen and oxygen atoms in total. The van der Waals surface area contributed by atoms with Crippen molar-refractivity contribution in [2.75, 3.05) is 19.8 Å². The van der Waals surface area contributed by atoms with Crippen molar-refractivity contribution in [3.8, 4) is 22.7 Å². The molecule has 8 heteroatoms. The molecule has 0 bridgehead atoms. The van der Waals surface area contributed by atoms with Gasteiger partial charge in [0.1, 0.15) is 10.1 Å². The van der Waals surface area contributed by atoms with Crippen LogP contribution in [-0.4, -0.2) is 50.8 Å². The SMILES string of the molecule is CCOc1ccc(-c2nn(-c3ccccc3)cc2/C=C2/SC(=S)N(C[C@H]3CCCO3)C2=O)cc1. The summed E-state index contributed by atoms with van der Waals surface area (Å²) in [6, 6.07) is 17.8. The van der Waals surface area contributed by atoms with Gasteiger partial charge in [0.15, 0.2) is 0 Å². The second kappa shape index (κ2) is 10.1. The van der Waals surface area contributed by atoms with Crippen molar-refractivity contribution in [2.24, 2.45) is 0 Å². The first-order valence-electron chi connectivity index (χ1n) is 11.4. The summed E-state index contributed by atoms with van der Waals surface area (Å²) in [6.45, 7) is 3.83. The second-order valence-corrected chi connectivity index (χ2v) is 9.77. The number of aromatic nitrogens is 2. The van der Waals surface area contributed by atoms with Crippen molar-refractivity contribution < 1.29 is 14.3 Å².